The molecule has 23 heavy (non-hydrogen) atoms. The van der Waals surface area contributed by atoms with E-state index in [1.54, 1.807) is 0 Å². The van der Waals surface area contributed by atoms with Crippen LogP contribution in [0.3, 0.4) is 0 Å². The fourth-order valence-electron chi connectivity index (χ4n) is 3.83. The third-order valence-electron chi connectivity index (χ3n) is 5.11. The average molecular weight is 316 g/mol. The number of hydrogen-bond donors (Lipinski definition) is 0. The van der Waals surface area contributed by atoms with Crippen molar-refractivity contribution in [3.05, 3.63) is 30.1 Å². The van der Waals surface area contributed by atoms with Crippen LogP contribution in [-0.4, -0.2) is 51.2 Å². The van der Waals surface area contributed by atoms with E-state index in [1.165, 1.54) is 37.7 Å². The highest BCUT2D eigenvalue weighted by Gasteiger charge is 2.30. The number of piperazine rings is 1. The minimum Gasteiger partial charge on any atom is -0.337 e. The van der Waals surface area contributed by atoms with Gasteiger partial charge in [0, 0.05) is 37.4 Å². The Balaban J connectivity index is 1.57. The largest absolute Gasteiger partial charge is 0.337 e. The summed E-state index contributed by atoms with van der Waals surface area (Å²) in [5.74, 6) is 0.305. The van der Waals surface area contributed by atoms with E-state index in [4.69, 9.17) is 0 Å². The van der Waals surface area contributed by atoms with Gasteiger partial charge in [-0.05, 0) is 19.8 Å². The van der Waals surface area contributed by atoms with E-state index in [0.29, 0.717) is 18.5 Å². The Morgan fingerprint density at radius 3 is 2.78 bits per heavy atom. The molecule has 1 aromatic heterocycles. The first-order valence-corrected chi connectivity index (χ1v) is 8.83. The highest BCUT2D eigenvalue weighted by Crippen LogP contribution is 2.24. The van der Waals surface area contributed by atoms with Crippen LogP contribution in [0.4, 0.5) is 0 Å². The van der Waals surface area contributed by atoms with E-state index in [9.17, 15) is 4.79 Å². The maximum Gasteiger partial charge on any atom is 0.237 e. The van der Waals surface area contributed by atoms with Crippen LogP contribution in [-0.2, 0) is 17.9 Å². The molecule has 1 aliphatic carbocycles. The summed E-state index contributed by atoms with van der Waals surface area (Å²) in [6, 6.07) is 0.496. The maximum absolute atomic E-state index is 12.5. The van der Waals surface area contributed by atoms with Crippen molar-refractivity contribution in [2.24, 2.45) is 0 Å². The molecule has 1 saturated carbocycles. The summed E-state index contributed by atoms with van der Waals surface area (Å²) in [4.78, 5) is 16.9. The van der Waals surface area contributed by atoms with Crippen molar-refractivity contribution in [2.75, 3.05) is 19.6 Å². The molecule has 1 aromatic rings. The summed E-state index contributed by atoms with van der Waals surface area (Å²) in [5, 5.41) is 4.50. The van der Waals surface area contributed by atoms with Crippen LogP contribution in [0.5, 0.6) is 0 Å². The zero-order valence-corrected chi connectivity index (χ0v) is 14.2. The van der Waals surface area contributed by atoms with Crippen LogP contribution in [0.2, 0.25) is 0 Å². The lowest BCUT2D eigenvalue weighted by atomic mass is 9.93. The molecular weight excluding hydrogens is 288 g/mol. The van der Waals surface area contributed by atoms with Crippen LogP contribution in [0.15, 0.2) is 18.9 Å². The van der Waals surface area contributed by atoms with Crippen LogP contribution >= 0.6 is 0 Å². The third kappa shape index (κ3) is 3.83. The van der Waals surface area contributed by atoms with Gasteiger partial charge in [-0.2, -0.15) is 5.10 Å². The predicted octanol–water partition coefficient (Wildman–Crippen LogP) is 2.35. The van der Waals surface area contributed by atoms with Crippen molar-refractivity contribution in [3.63, 3.8) is 0 Å². The van der Waals surface area contributed by atoms with Crippen molar-refractivity contribution >= 4 is 5.91 Å². The Kier molecular flexibility index (Phi) is 5.16. The number of allylic oxidation sites excluding steroid dienone is 1. The SMILES string of the molecule is C=CCn1cc(CN2CCN(C3CCCCC3)C(=O)C2)c(C)n1. The van der Waals surface area contributed by atoms with Gasteiger partial charge in [0.25, 0.3) is 0 Å². The number of aryl methyl sites for hydroxylation is 1. The molecule has 1 aliphatic heterocycles. The van der Waals surface area contributed by atoms with E-state index < -0.39 is 0 Å². The highest BCUT2D eigenvalue weighted by atomic mass is 16.2. The Labute approximate surface area is 138 Å². The first-order valence-electron chi connectivity index (χ1n) is 8.83. The Morgan fingerprint density at radius 2 is 2.09 bits per heavy atom. The normalized spacial score (nSPS) is 20.9. The number of aromatic nitrogens is 2. The van der Waals surface area contributed by atoms with Gasteiger partial charge in [-0.25, -0.2) is 0 Å². The van der Waals surface area contributed by atoms with Crippen molar-refractivity contribution in [2.45, 2.75) is 58.2 Å². The monoisotopic (exact) mass is 316 g/mol. The van der Waals surface area contributed by atoms with Gasteiger partial charge in [-0.1, -0.05) is 25.3 Å². The molecule has 5 heteroatoms. The summed E-state index contributed by atoms with van der Waals surface area (Å²) >= 11 is 0. The zero-order valence-electron chi connectivity index (χ0n) is 14.2. The fraction of sp³-hybridized carbons (Fsp3) is 0.667. The first kappa shape index (κ1) is 16.2. The summed E-state index contributed by atoms with van der Waals surface area (Å²) in [7, 11) is 0. The molecule has 0 spiro atoms. The van der Waals surface area contributed by atoms with Crippen molar-refractivity contribution in [3.8, 4) is 0 Å². The van der Waals surface area contributed by atoms with Gasteiger partial charge >= 0.3 is 0 Å². The van der Waals surface area contributed by atoms with Gasteiger partial charge in [0.05, 0.1) is 18.8 Å². The molecule has 2 fully saturated rings. The van der Waals surface area contributed by atoms with Gasteiger partial charge in [0.2, 0.25) is 5.91 Å². The first-order chi connectivity index (χ1) is 11.2. The predicted molar refractivity (Wildman–Crippen MR) is 91.0 cm³/mol. The summed E-state index contributed by atoms with van der Waals surface area (Å²) < 4.78 is 1.91. The molecule has 0 aromatic carbocycles. The molecular formula is C18H28N4O. The maximum atomic E-state index is 12.5. The van der Waals surface area contributed by atoms with Gasteiger partial charge in [0.1, 0.15) is 0 Å². The Bertz CT molecular complexity index is 559. The zero-order chi connectivity index (χ0) is 16.2. The number of amides is 1. The highest BCUT2D eigenvalue weighted by molar-refractivity contribution is 5.79. The summed E-state index contributed by atoms with van der Waals surface area (Å²) in [6.45, 7) is 9.72. The molecule has 0 bridgehead atoms. The van der Waals surface area contributed by atoms with Gasteiger partial charge in [-0.15, -0.1) is 6.58 Å². The average Bonchev–Trinajstić information content (AvgIpc) is 2.88. The molecule has 126 valence electrons. The molecule has 5 nitrogen and oxygen atoms in total. The summed E-state index contributed by atoms with van der Waals surface area (Å²) in [5.41, 5.74) is 2.26. The second kappa shape index (κ2) is 7.30. The lowest BCUT2D eigenvalue weighted by molar-refractivity contribution is -0.139. The van der Waals surface area contributed by atoms with E-state index in [1.807, 2.05) is 17.7 Å². The summed E-state index contributed by atoms with van der Waals surface area (Å²) in [6.07, 6.45) is 10.2. The minimum atomic E-state index is 0.305. The molecule has 0 radical (unpaired) electrons. The van der Waals surface area contributed by atoms with Crippen LogP contribution < -0.4 is 0 Å². The molecule has 0 atom stereocenters. The second-order valence-corrected chi connectivity index (χ2v) is 6.84. The number of hydrogen-bond acceptors (Lipinski definition) is 3. The lowest BCUT2D eigenvalue weighted by Crippen LogP contribution is -2.54. The quantitative estimate of drug-likeness (QED) is 0.783. The lowest BCUT2D eigenvalue weighted by Gasteiger charge is -2.40. The van der Waals surface area contributed by atoms with E-state index >= 15 is 0 Å². The molecule has 3 rings (SSSR count). The van der Waals surface area contributed by atoms with Crippen molar-refractivity contribution in [1.82, 2.24) is 19.6 Å². The Morgan fingerprint density at radius 1 is 1.30 bits per heavy atom. The van der Waals surface area contributed by atoms with E-state index in [-0.39, 0.29) is 0 Å². The molecule has 2 heterocycles. The number of rotatable bonds is 5. The molecule has 1 saturated heterocycles. The van der Waals surface area contributed by atoms with Crippen LogP contribution in [0.25, 0.3) is 0 Å². The standard InChI is InChI=1S/C18H28N4O/c1-3-9-21-13-16(15(2)19-21)12-20-10-11-22(18(23)14-20)17-7-5-4-6-8-17/h3,13,17H,1,4-12,14H2,2H3. The van der Waals surface area contributed by atoms with Gasteiger partial charge in [0.15, 0.2) is 0 Å². The number of nitrogens with zero attached hydrogens (tertiary/aromatic N) is 4. The third-order valence-corrected chi connectivity index (χ3v) is 5.11. The molecule has 1 amide bonds. The van der Waals surface area contributed by atoms with Crippen LogP contribution in [0.1, 0.15) is 43.4 Å². The topological polar surface area (TPSA) is 41.4 Å². The van der Waals surface area contributed by atoms with Crippen molar-refractivity contribution < 1.29 is 4.79 Å². The van der Waals surface area contributed by atoms with Crippen molar-refractivity contribution in [1.29, 1.82) is 0 Å². The number of carbonyl (C=O) groups is 1. The second-order valence-electron chi connectivity index (χ2n) is 6.84. The molecule has 0 N–H and O–H groups in total. The van der Waals surface area contributed by atoms with Gasteiger partial charge in [-0.3, -0.25) is 14.4 Å². The van der Waals surface area contributed by atoms with E-state index in [0.717, 1.165) is 31.9 Å². The van der Waals surface area contributed by atoms with Crippen LogP contribution in [0, 0.1) is 6.92 Å². The molecule has 2 aliphatic rings. The Hall–Kier alpha value is -1.62. The fourth-order valence-corrected chi connectivity index (χ4v) is 3.83. The van der Waals surface area contributed by atoms with Gasteiger partial charge < -0.3 is 4.90 Å². The van der Waals surface area contributed by atoms with E-state index in [2.05, 4.69) is 27.7 Å². The minimum absolute atomic E-state index is 0.305. The smallest absolute Gasteiger partial charge is 0.237 e. The molecule has 0 unspecified atom stereocenters. The number of carbonyl (C=O) groups excluding carboxylic acids is 1.